The topological polar surface area (TPSA) is 81.4 Å². The molecule has 0 spiro atoms. The summed E-state index contributed by atoms with van der Waals surface area (Å²) in [6.45, 7) is 2.18. The minimum absolute atomic E-state index is 0.353. The van der Waals surface area contributed by atoms with Crippen LogP contribution in [0.25, 0.3) is 6.08 Å². The molecular formula is C20H20Cl2N2O3S. The highest BCUT2D eigenvalue weighted by Crippen LogP contribution is 2.39. The number of hydrogen-bond acceptors (Lipinski definition) is 4. The third-order valence-corrected chi connectivity index (χ3v) is 6.32. The molecule has 3 N–H and O–H groups in total. The van der Waals surface area contributed by atoms with Crippen LogP contribution in [0.3, 0.4) is 0 Å². The predicted octanol–water partition coefficient (Wildman–Crippen LogP) is 4.94. The van der Waals surface area contributed by atoms with E-state index in [4.69, 9.17) is 33.7 Å². The van der Waals surface area contributed by atoms with E-state index in [1.54, 1.807) is 18.2 Å². The van der Waals surface area contributed by atoms with Gasteiger partial charge in [0.2, 0.25) is 5.91 Å². The second-order valence-corrected chi connectivity index (χ2v) is 8.70. The van der Waals surface area contributed by atoms with E-state index >= 15 is 0 Å². The fourth-order valence-electron chi connectivity index (χ4n) is 3.34. The predicted molar refractivity (Wildman–Crippen MR) is 115 cm³/mol. The molecule has 2 aromatic rings. The fourth-order valence-corrected chi connectivity index (χ4v) is 5.34. The molecule has 1 heterocycles. The number of carbonyl (C=O) groups is 2. The van der Waals surface area contributed by atoms with Gasteiger partial charge in [0.25, 0.3) is 5.91 Å². The minimum Gasteiger partial charge on any atom is -0.495 e. The third-order valence-electron chi connectivity index (χ3n) is 4.65. The van der Waals surface area contributed by atoms with Crippen LogP contribution in [0.15, 0.2) is 18.2 Å². The van der Waals surface area contributed by atoms with Crippen LogP contribution < -0.4 is 15.8 Å². The Balaban J connectivity index is 1.85. The number of thiophene rings is 1. The average Bonchev–Trinajstić information content (AvgIpc) is 2.96. The standard InChI is InChI=1S/C20H20Cl2N2O3S/c1-10-3-5-13-15(7-10)28-20(17(13)19(23)26)24-16(25)6-4-11-8-12(21)9-14(22)18(11)27-2/h4,6,8-10H,3,5,7H2,1-2H3,(H2,23,26)(H,24,25)/b6-4+/t10-/m1/s1. The Morgan fingerprint density at radius 1 is 1.36 bits per heavy atom. The molecule has 3 rings (SSSR count). The Morgan fingerprint density at radius 2 is 2.11 bits per heavy atom. The molecule has 148 valence electrons. The van der Waals surface area contributed by atoms with Gasteiger partial charge in [-0.25, -0.2) is 0 Å². The Kier molecular flexibility index (Phi) is 6.33. The van der Waals surface area contributed by atoms with E-state index in [0.29, 0.717) is 37.8 Å². The molecule has 0 unspecified atom stereocenters. The molecule has 0 bridgehead atoms. The number of amides is 2. The van der Waals surface area contributed by atoms with Gasteiger partial charge in [-0.15, -0.1) is 11.3 Å². The Bertz CT molecular complexity index is 969. The van der Waals surface area contributed by atoms with E-state index < -0.39 is 5.91 Å². The highest BCUT2D eigenvalue weighted by Gasteiger charge is 2.26. The number of methoxy groups -OCH3 is 1. The monoisotopic (exact) mass is 438 g/mol. The molecule has 28 heavy (non-hydrogen) atoms. The van der Waals surface area contributed by atoms with Crippen molar-refractivity contribution in [3.8, 4) is 5.75 Å². The second-order valence-electron chi connectivity index (χ2n) is 6.75. The number of nitrogens with two attached hydrogens (primary N) is 1. The van der Waals surface area contributed by atoms with Crippen molar-refractivity contribution in [3.63, 3.8) is 0 Å². The summed E-state index contributed by atoms with van der Waals surface area (Å²) in [4.78, 5) is 25.5. The van der Waals surface area contributed by atoms with E-state index in [0.717, 1.165) is 29.7 Å². The van der Waals surface area contributed by atoms with E-state index in [1.165, 1.54) is 24.5 Å². The summed E-state index contributed by atoms with van der Waals surface area (Å²) in [5, 5.41) is 4.07. The summed E-state index contributed by atoms with van der Waals surface area (Å²) >= 11 is 13.6. The van der Waals surface area contributed by atoms with Crippen molar-refractivity contribution in [1.82, 2.24) is 0 Å². The maximum Gasteiger partial charge on any atom is 0.251 e. The van der Waals surface area contributed by atoms with Crippen LogP contribution in [0.5, 0.6) is 5.75 Å². The summed E-state index contributed by atoms with van der Waals surface area (Å²) in [6, 6.07) is 3.21. The summed E-state index contributed by atoms with van der Waals surface area (Å²) in [7, 11) is 1.49. The highest BCUT2D eigenvalue weighted by atomic mass is 35.5. The van der Waals surface area contributed by atoms with Crippen LogP contribution in [0.2, 0.25) is 10.0 Å². The lowest BCUT2D eigenvalue weighted by Crippen LogP contribution is -2.18. The normalized spacial score (nSPS) is 16.1. The first-order valence-electron chi connectivity index (χ1n) is 8.76. The molecule has 8 heteroatoms. The van der Waals surface area contributed by atoms with Crippen molar-refractivity contribution in [2.45, 2.75) is 26.2 Å². The molecule has 0 saturated carbocycles. The van der Waals surface area contributed by atoms with Gasteiger partial charge < -0.3 is 15.8 Å². The van der Waals surface area contributed by atoms with Crippen molar-refractivity contribution in [3.05, 3.63) is 49.8 Å². The van der Waals surface area contributed by atoms with Crippen LogP contribution >= 0.6 is 34.5 Å². The molecule has 1 aliphatic rings. The number of primary amides is 1. The van der Waals surface area contributed by atoms with E-state index in [9.17, 15) is 9.59 Å². The zero-order chi connectivity index (χ0) is 20.4. The minimum atomic E-state index is -0.519. The van der Waals surface area contributed by atoms with Crippen molar-refractivity contribution in [1.29, 1.82) is 0 Å². The number of carbonyl (C=O) groups excluding carboxylic acids is 2. The summed E-state index contributed by atoms with van der Waals surface area (Å²) < 4.78 is 5.26. The zero-order valence-electron chi connectivity index (χ0n) is 15.5. The summed E-state index contributed by atoms with van der Waals surface area (Å²) in [5.41, 5.74) is 7.55. The number of halogens is 2. The number of nitrogens with one attached hydrogen (secondary N) is 1. The van der Waals surface area contributed by atoms with Crippen LogP contribution in [0.4, 0.5) is 5.00 Å². The second kappa shape index (κ2) is 8.55. The van der Waals surface area contributed by atoms with Gasteiger partial charge >= 0.3 is 0 Å². The van der Waals surface area contributed by atoms with Gasteiger partial charge in [0, 0.05) is 21.5 Å². The number of rotatable bonds is 5. The van der Waals surface area contributed by atoms with Gasteiger partial charge in [-0.3, -0.25) is 9.59 Å². The van der Waals surface area contributed by atoms with Crippen molar-refractivity contribution in [2.24, 2.45) is 11.7 Å². The lowest BCUT2D eigenvalue weighted by molar-refractivity contribution is -0.111. The molecule has 5 nitrogen and oxygen atoms in total. The molecule has 0 aliphatic heterocycles. The van der Waals surface area contributed by atoms with E-state index in [-0.39, 0.29) is 5.91 Å². The van der Waals surface area contributed by atoms with Gasteiger partial charge in [-0.1, -0.05) is 30.1 Å². The summed E-state index contributed by atoms with van der Waals surface area (Å²) in [5.74, 6) is 0.0748. The molecule has 1 aromatic heterocycles. The number of anilines is 1. The van der Waals surface area contributed by atoms with E-state index in [1.807, 2.05) is 0 Å². The third kappa shape index (κ3) is 4.35. The number of fused-ring (bicyclic) bond motifs is 1. The molecule has 0 fully saturated rings. The van der Waals surface area contributed by atoms with Crippen molar-refractivity contribution >= 4 is 57.4 Å². The van der Waals surface area contributed by atoms with Crippen LogP contribution in [-0.2, 0) is 17.6 Å². The summed E-state index contributed by atoms with van der Waals surface area (Å²) in [6.07, 6.45) is 5.61. The lowest BCUT2D eigenvalue weighted by atomic mass is 9.88. The first-order chi connectivity index (χ1) is 13.3. The Hall–Kier alpha value is -2.02. The Labute approximate surface area is 177 Å². The highest BCUT2D eigenvalue weighted by molar-refractivity contribution is 7.17. The van der Waals surface area contributed by atoms with Gasteiger partial charge in [0.15, 0.2) is 0 Å². The molecule has 1 atom stereocenters. The molecule has 1 aliphatic carbocycles. The van der Waals surface area contributed by atoms with Crippen LogP contribution in [-0.4, -0.2) is 18.9 Å². The van der Waals surface area contributed by atoms with Crippen LogP contribution in [0, 0.1) is 5.92 Å². The zero-order valence-corrected chi connectivity index (χ0v) is 17.8. The largest absolute Gasteiger partial charge is 0.495 e. The maximum absolute atomic E-state index is 12.5. The van der Waals surface area contributed by atoms with Crippen molar-refractivity contribution < 1.29 is 14.3 Å². The van der Waals surface area contributed by atoms with Gasteiger partial charge in [-0.2, -0.15) is 0 Å². The first kappa shape index (κ1) is 20.7. The SMILES string of the molecule is COc1c(Cl)cc(Cl)cc1/C=C/C(=O)Nc1sc2c(c1C(N)=O)CC[C@@H](C)C2. The number of benzene rings is 1. The van der Waals surface area contributed by atoms with Crippen molar-refractivity contribution in [2.75, 3.05) is 12.4 Å². The number of ether oxygens (including phenoxy) is 1. The molecule has 1 aromatic carbocycles. The van der Waals surface area contributed by atoms with Gasteiger partial charge in [-0.05, 0) is 49.0 Å². The maximum atomic E-state index is 12.5. The molecule has 0 saturated heterocycles. The average molecular weight is 439 g/mol. The molecule has 2 amide bonds. The first-order valence-corrected chi connectivity index (χ1v) is 10.3. The lowest BCUT2D eigenvalue weighted by Gasteiger charge is -2.18. The van der Waals surface area contributed by atoms with E-state index in [2.05, 4.69) is 12.2 Å². The fraction of sp³-hybridized carbons (Fsp3) is 0.300. The Morgan fingerprint density at radius 3 is 2.79 bits per heavy atom. The quantitative estimate of drug-likeness (QED) is 0.648. The molecular weight excluding hydrogens is 419 g/mol. The molecule has 0 radical (unpaired) electrons. The van der Waals surface area contributed by atoms with Crippen LogP contribution in [0.1, 0.15) is 39.7 Å². The van der Waals surface area contributed by atoms with Gasteiger partial charge in [0.1, 0.15) is 10.8 Å². The smallest absolute Gasteiger partial charge is 0.251 e. The van der Waals surface area contributed by atoms with Gasteiger partial charge in [0.05, 0.1) is 17.7 Å². The number of hydrogen-bond donors (Lipinski definition) is 2.